The molecule has 1 N–H and O–H groups in total. The van der Waals surface area contributed by atoms with Crippen LogP contribution in [0, 0.1) is 27.7 Å². The van der Waals surface area contributed by atoms with Gasteiger partial charge in [-0.2, -0.15) is 5.10 Å². The van der Waals surface area contributed by atoms with Crippen molar-refractivity contribution in [1.82, 2.24) is 14.3 Å². The molecule has 0 bridgehead atoms. The van der Waals surface area contributed by atoms with Crippen molar-refractivity contribution < 1.29 is 18.7 Å². The Kier molecular flexibility index (Phi) is 5.39. The number of nitrogens with zero attached hydrogens (tertiary/aromatic N) is 3. The van der Waals surface area contributed by atoms with E-state index in [9.17, 15) is 9.59 Å². The Morgan fingerprint density at radius 1 is 1.21 bits per heavy atom. The second-order valence-corrected chi connectivity index (χ2v) is 6.74. The second kappa shape index (κ2) is 7.75. The minimum Gasteiger partial charge on any atom is -0.467 e. The number of nitrogens with one attached hydrogen (secondary N) is 1. The summed E-state index contributed by atoms with van der Waals surface area (Å²) in [5.74, 6) is -0.145. The first-order valence-corrected chi connectivity index (χ1v) is 8.94. The number of hydrogen-bond donors (Lipinski definition) is 1. The highest BCUT2D eigenvalue weighted by Crippen LogP contribution is 2.20. The third kappa shape index (κ3) is 3.85. The molecular weight excluding hydrogens is 360 g/mol. The molecule has 0 aliphatic rings. The summed E-state index contributed by atoms with van der Waals surface area (Å²) in [4.78, 5) is 24.7. The predicted octanol–water partition coefficient (Wildman–Crippen LogP) is 2.89. The highest BCUT2D eigenvalue weighted by molar-refractivity contribution is 5.96. The van der Waals surface area contributed by atoms with Gasteiger partial charge in [-0.1, -0.05) is 0 Å². The van der Waals surface area contributed by atoms with Gasteiger partial charge in [0.05, 0.1) is 35.4 Å². The largest absolute Gasteiger partial charge is 0.467 e. The molecule has 0 spiro atoms. The third-order valence-corrected chi connectivity index (χ3v) is 4.80. The molecule has 0 aliphatic heterocycles. The van der Waals surface area contributed by atoms with Gasteiger partial charge in [0.2, 0.25) is 0 Å². The van der Waals surface area contributed by atoms with Crippen LogP contribution in [-0.2, 0) is 23.1 Å². The molecule has 148 valence electrons. The van der Waals surface area contributed by atoms with Crippen molar-refractivity contribution in [3.05, 3.63) is 58.6 Å². The summed E-state index contributed by atoms with van der Waals surface area (Å²) >= 11 is 0. The molecule has 28 heavy (non-hydrogen) atoms. The van der Waals surface area contributed by atoms with Crippen LogP contribution in [0.2, 0.25) is 0 Å². The van der Waals surface area contributed by atoms with Gasteiger partial charge >= 0.3 is 5.97 Å². The van der Waals surface area contributed by atoms with Crippen LogP contribution in [0.5, 0.6) is 0 Å². The van der Waals surface area contributed by atoms with Crippen LogP contribution in [-0.4, -0.2) is 32.8 Å². The van der Waals surface area contributed by atoms with Crippen LogP contribution < -0.4 is 5.32 Å². The molecule has 3 aromatic rings. The highest BCUT2D eigenvalue weighted by atomic mass is 16.5. The van der Waals surface area contributed by atoms with E-state index in [4.69, 9.17) is 9.15 Å². The van der Waals surface area contributed by atoms with Crippen molar-refractivity contribution >= 4 is 17.6 Å². The minimum absolute atomic E-state index is 0.367. The standard InChI is InChI=1S/C20H24N4O4/c1-12-9-17(14(3)24(12)10-16-7-6-8-27-16)20(26)28-11-18(25)21-19-13(2)22-23(5)15(19)4/h6-9H,10-11H2,1-5H3,(H,21,25). The van der Waals surface area contributed by atoms with Gasteiger partial charge in [-0.3, -0.25) is 9.48 Å². The van der Waals surface area contributed by atoms with E-state index in [-0.39, 0.29) is 6.61 Å². The minimum atomic E-state index is -0.534. The van der Waals surface area contributed by atoms with Gasteiger partial charge in [0.25, 0.3) is 5.91 Å². The molecule has 3 rings (SSSR count). The van der Waals surface area contributed by atoms with E-state index in [1.165, 1.54) is 0 Å². The summed E-state index contributed by atoms with van der Waals surface area (Å²) in [7, 11) is 1.80. The van der Waals surface area contributed by atoms with Crippen LogP contribution in [0.1, 0.15) is 38.9 Å². The summed E-state index contributed by atoms with van der Waals surface area (Å²) in [5, 5.41) is 6.99. The summed E-state index contributed by atoms with van der Waals surface area (Å²) in [6, 6.07) is 5.46. The van der Waals surface area contributed by atoms with Crippen molar-refractivity contribution in [3.63, 3.8) is 0 Å². The van der Waals surface area contributed by atoms with Crippen LogP contribution >= 0.6 is 0 Å². The molecule has 0 aliphatic carbocycles. The van der Waals surface area contributed by atoms with E-state index in [0.29, 0.717) is 23.5 Å². The highest BCUT2D eigenvalue weighted by Gasteiger charge is 2.19. The van der Waals surface area contributed by atoms with Crippen LogP contribution in [0.4, 0.5) is 5.69 Å². The summed E-state index contributed by atoms with van der Waals surface area (Å²) < 4.78 is 14.3. The third-order valence-electron chi connectivity index (χ3n) is 4.80. The Labute approximate surface area is 163 Å². The summed E-state index contributed by atoms with van der Waals surface area (Å²) in [6.07, 6.45) is 1.61. The molecule has 0 fully saturated rings. The SMILES string of the molecule is Cc1nn(C)c(C)c1NC(=O)COC(=O)c1cc(C)n(Cc2ccco2)c1C. The fraction of sp³-hybridized carbons (Fsp3) is 0.350. The average molecular weight is 384 g/mol. The molecule has 3 aromatic heterocycles. The number of carbonyl (C=O) groups is 2. The number of hydrogen-bond acceptors (Lipinski definition) is 5. The fourth-order valence-electron chi connectivity index (χ4n) is 3.15. The van der Waals surface area contributed by atoms with Gasteiger partial charge in [-0.15, -0.1) is 0 Å². The predicted molar refractivity (Wildman–Crippen MR) is 103 cm³/mol. The van der Waals surface area contributed by atoms with Crippen molar-refractivity contribution in [2.24, 2.45) is 7.05 Å². The quantitative estimate of drug-likeness (QED) is 0.660. The van der Waals surface area contributed by atoms with Crippen molar-refractivity contribution in [2.45, 2.75) is 34.2 Å². The number of carbonyl (C=O) groups excluding carboxylic acids is 2. The molecule has 0 atom stereocenters. The molecular formula is C20H24N4O4. The Hall–Kier alpha value is -3.29. The van der Waals surface area contributed by atoms with Crippen LogP contribution in [0.25, 0.3) is 0 Å². The van der Waals surface area contributed by atoms with Crippen LogP contribution in [0.15, 0.2) is 28.9 Å². The lowest BCUT2D eigenvalue weighted by Crippen LogP contribution is -2.21. The molecule has 0 radical (unpaired) electrons. The Bertz CT molecular complexity index is 1010. The normalized spacial score (nSPS) is 10.9. The average Bonchev–Trinajstić information content (AvgIpc) is 3.32. The number of aryl methyl sites for hydroxylation is 3. The number of anilines is 1. The zero-order valence-corrected chi connectivity index (χ0v) is 16.7. The Morgan fingerprint density at radius 2 is 1.96 bits per heavy atom. The van der Waals surface area contributed by atoms with E-state index >= 15 is 0 Å². The Morgan fingerprint density at radius 3 is 2.57 bits per heavy atom. The first-order chi connectivity index (χ1) is 13.3. The van der Waals surface area contributed by atoms with E-state index in [1.807, 2.05) is 44.4 Å². The van der Waals surface area contributed by atoms with Crippen molar-refractivity contribution in [1.29, 1.82) is 0 Å². The monoisotopic (exact) mass is 384 g/mol. The zero-order valence-electron chi connectivity index (χ0n) is 16.7. The zero-order chi connectivity index (χ0) is 20.4. The van der Waals surface area contributed by atoms with Gasteiger partial charge in [-0.05, 0) is 45.9 Å². The lowest BCUT2D eigenvalue weighted by Gasteiger charge is -2.09. The first kappa shape index (κ1) is 19.5. The molecule has 1 amide bonds. The number of esters is 1. The number of furan rings is 1. The molecule has 0 saturated heterocycles. The molecule has 8 heteroatoms. The molecule has 3 heterocycles. The lowest BCUT2D eigenvalue weighted by molar-refractivity contribution is -0.119. The van der Waals surface area contributed by atoms with Crippen molar-refractivity contribution in [3.8, 4) is 0 Å². The van der Waals surface area contributed by atoms with E-state index in [0.717, 1.165) is 22.8 Å². The van der Waals surface area contributed by atoms with Crippen LogP contribution in [0.3, 0.4) is 0 Å². The van der Waals surface area contributed by atoms with E-state index in [2.05, 4.69) is 10.4 Å². The maximum absolute atomic E-state index is 12.5. The number of aromatic nitrogens is 3. The van der Waals surface area contributed by atoms with Gasteiger partial charge in [-0.25, -0.2) is 4.79 Å². The Balaban J connectivity index is 1.64. The molecule has 8 nitrogen and oxygen atoms in total. The second-order valence-electron chi connectivity index (χ2n) is 6.74. The van der Waals surface area contributed by atoms with Crippen molar-refractivity contribution in [2.75, 3.05) is 11.9 Å². The number of amides is 1. The molecule has 0 unspecified atom stereocenters. The summed E-state index contributed by atoms with van der Waals surface area (Å²) in [5.41, 5.74) is 4.29. The van der Waals surface area contributed by atoms with E-state index in [1.54, 1.807) is 24.1 Å². The first-order valence-electron chi connectivity index (χ1n) is 8.94. The molecule has 0 saturated carbocycles. The van der Waals surface area contributed by atoms with Gasteiger partial charge < -0.3 is 19.0 Å². The lowest BCUT2D eigenvalue weighted by atomic mass is 10.2. The number of ether oxygens (including phenoxy) is 1. The van der Waals surface area contributed by atoms with Gasteiger partial charge in [0, 0.05) is 18.4 Å². The smallest absolute Gasteiger partial charge is 0.340 e. The fourth-order valence-corrected chi connectivity index (χ4v) is 3.15. The van der Waals surface area contributed by atoms with Gasteiger partial charge in [0.1, 0.15) is 5.76 Å². The number of rotatable bonds is 6. The maximum atomic E-state index is 12.5. The van der Waals surface area contributed by atoms with E-state index < -0.39 is 11.9 Å². The topological polar surface area (TPSA) is 91.3 Å². The summed E-state index contributed by atoms with van der Waals surface area (Å²) in [6.45, 7) is 7.58. The molecule has 0 aromatic carbocycles. The maximum Gasteiger partial charge on any atom is 0.340 e. The van der Waals surface area contributed by atoms with Gasteiger partial charge in [0.15, 0.2) is 6.61 Å².